The van der Waals surface area contributed by atoms with Gasteiger partial charge in [0, 0.05) is 12.8 Å². The Balaban J connectivity index is 4.17. The lowest BCUT2D eigenvalue weighted by Crippen LogP contribution is -2.13. The van der Waals surface area contributed by atoms with Gasteiger partial charge in [0.2, 0.25) is 0 Å². The average Bonchev–Trinajstić information content (AvgIpc) is 1.87. The zero-order valence-corrected chi connectivity index (χ0v) is 6.50. The average molecular weight is 141 g/mol. The molecule has 0 saturated carbocycles. The predicted octanol–water partition coefficient (Wildman–Crippen LogP) is 0.0354. The van der Waals surface area contributed by atoms with E-state index in [0.29, 0.717) is 5.47 Å². The lowest BCUT2D eigenvalue weighted by Gasteiger charge is -1.96. The lowest BCUT2D eigenvalue weighted by atomic mass is 9.80. The largest absolute Gasteiger partial charge is 0.483 e. The van der Waals surface area contributed by atoms with Gasteiger partial charge in [-0.2, -0.15) is 0 Å². The van der Waals surface area contributed by atoms with Crippen LogP contribution in [0.1, 0.15) is 13.8 Å². The Labute approximate surface area is 61.3 Å². The Morgan fingerprint density at radius 1 is 1.40 bits per heavy atom. The van der Waals surface area contributed by atoms with Gasteiger partial charge in [0.05, 0.1) is 0 Å². The van der Waals surface area contributed by atoms with E-state index in [1.165, 1.54) is 0 Å². The standard InChI is InChI=1S/C6H12BNO2/c1-5(7(9)10)4-6(2)8-3/h4,9-10H,1-3H3/b5-4+,8-6-. The maximum Gasteiger partial charge on any atom is 0.483 e. The summed E-state index contributed by atoms with van der Waals surface area (Å²) in [7, 11) is 0.291. The van der Waals surface area contributed by atoms with Crippen LogP contribution in [0, 0.1) is 0 Å². The number of aliphatic imine (C=N–C) groups is 1. The van der Waals surface area contributed by atoms with Gasteiger partial charge in [0.25, 0.3) is 0 Å². The summed E-state index contributed by atoms with van der Waals surface area (Å²) in [6.07, 6.45) is 1.63. The van der Waals surface area contributed by atoms with Crippen molar-refractivity contribution in [2.24, 2.45) is 4.99 Å². The smallest absolute Gasteiger partial charge is 0.423 e. The predicted molar refractivity (Wildman–Crippen MR) is 43.0 cm³/mol. The molecule has 0 aromatic rings. The molecule has 0 unspecified atom stereocenters. The zero-order chi connectivity index (χ0) is 8.15. The van der Waals surface area contributed by atoms with Crippen LogP contribution in [0.25, 0.3) is 0 Å². The first-order valence-electron chi connectivity index (χ1n) is 3.05. The summed E-state index contributed by atoms with van der Waals surface area (Å²) in [4.78, 5) is 3.83. The summed E-state index contributed by atoms with van der Waals surface area (Å²) in [5, 5.41) is 17.2. The molecule has 10 heavy (non-hydrogen) atoms. The van der Waals surface area contributed by atoms with Gasteiger partial charge in [-0.3, -0.25) is 4.99 Å². The van der Waals surface area contributed by atoms with Crippen LogP contribution in [0.5, 0.6) is 0 Å². The fourth-order valence-electron chi connectivity index (χ4n) is 0.469. The number of allylic oxidation sites excluding steroid dienone is 2. The van der Waals surface area contributed by atoms with Gasteiger partial charge in [0.1, 0.15) is 0 Å². The molecule has 0 aromatic carbocycles. The first kappa shape index (κ1) is 9.39. The van der Waals surface area contributed by atoms with Crippen LogP contribution >= 0.6 is 0 Å². The van der Waals surface area contributed by atoms with Crippen LogP contribution in [0.15, 0.2) is 16.5 Å². The third-order valence-corrected chi connectivity index (χ3v) is 1.20. The fraction of sp³-hybridized carbons (Fsp3) is 0.500. The maximum atomic E-state index is 8.60. The monoisotopic (exact) mass is 141 g/mol. The summed E-state index contributed by atoms with van der Waals surface area (Å²) in [6.45, 7) is 3.44. The summed E-state index contributed by atoms with van der Waals surface area (Å²) < 4.78 is 0. The minimum Gasteiger partial charge on any atom is -0.423 e. The Hall–Kier alpha value is -0.605. The number of hydrogen-bond acceptors (Lipinski definition) is 3. The second-order valence-corrected chi connectivity index (χ2v) is 2.13. The van der Waals surface area contributed by atoms with Crippen molar-refractivity contribution in [2.45, 2.75) is 13.8 Å². The van der Waals surface area contributed by atoms with Crippen molar-refractivity contribution >= 4 is 12.8 Å². The molecule has 0 bridgehead atoms. The lowest BCUT2D eigenvalue weighted by molar-refractivity contribution is 0.419. The van der Waals surface area contributed by atoms with Gasteiger partial charge < -0.3 is 10.0 Å². The molecule has 3 nitrogen and oxygen atoms in total. The van der Waals surface area contributed by atoms with E-state index in [2.05, 4.69) is 4.99 Å². The Kier molecular flexibility index (Phi) is 3.99. The summed E-state index contributed by atoms with van der Waals surface area (Å²) in [5.74, 6) is 0. The molecule has 0 aliphatic rings. The number of hydrogen-bond donors (Lipinski definition) is 2. The Bertz CT molecular complexity index is 163. The summed E-state index contributed by atoms with van der Waals surface area (Å²) in [6, 6.07) is 0. The van der Waals surface area contributed by atoms with Crippen LogP contribution in [0.4, 0.5) is 0 Å². The van der Waals surface area contributed by atoms with Crippen molar-refractivity contribution in [3.05, 3.63) is 11.5 Å². The molecule has 2 N–H and O–H groups in total. The zero-order valence-electron chi connectivity index (χ0n) is 6.50. The molecule has 0 saturated heterocycles. The van der Waals surface area contributed by atoms with E-state index in [1.807, 2.05) is 0 Å². The molecule has 0 aliphatic heterocycles. The van der Waals surface area contributed by atoms with Crippen LogP contribution in [-0.4, -0.2) is 29.9 Å². The van der Waals surface area contributed by atoms with Gasteiger partial charge in [-0.15, -0.1) is 0 Å². The molecular formula is C6H12BNO2. The van der Waals surface area contributed by atoms with E-state index in [0.717, 1.165) is 5.71 Å². The highest BCUT2D eigenvalue weighted by Crippen LogP contribution is 1.94. The number of rotatable bonds is 2. The Morgan fingerprint density at radius 2 is 1.90 bits per heavy atom. The minimum absolute atomic E-state index is 0.503. The van der Waals surface area contributed by atoms with E-state index < -0.39 is 7.12 Å². The summed E-state index contributed by atoms with van der Waals surface area (Å²) in [5.41, 5.74) is 1.29. The van der Waals surface area contributed by atoms with Crippen LogP contribution in [0.3, 0.4) is 0 Å². The molecule has 0 heterocycles. The highest BCUT2D eigenvalue weighted by molar-refractivity contribution is 6.51. The molecule has 0 rings (SSSR count). The van der Waals surface area contributed by atoms with Crippen LogP contribution < -0.4 is 0 Å². The van der Waals surface area contributed by atoms with Crippen molar-refractivity contribution in [1.29, 1.82) is 0 Å². The van der Waals surface area contributed by atoms with E-state index in [9.17, 15) is 0 Å². The molecule has 56 valence electrons. The normalized spacial score (nSPS) is 13.7. The number of nitrogens with zero attached hydrogens (tertiary/aromatic N) is 1. The van der Waals surface area contributed by atoms with E-state index in [-0.39, 0.29) is 0 Å². The van der Waals surface area contributed by atoms with Crippen molar-refractivity contribution in [3.63, 3.8) is 0 Å². The molecule has 0 spiro atoms. The molecule has 0 radical (unpaired) electrons. The maximum absolute atomic E-state index is 8.60. The first-order chi connectivity index (χ1) is 4.57. The van der Waals surface area contributed by atoms with Gasteiger partial charge >= 0.3 is 7.12 Å². The van der Waals surface area contributed by atoms with Crippen molar-refractivity contribution in [2.75, 3.05) is 7.05 Å². The van der Waals surface area contributed by atoms with Crippen molar-refractivity contribution < 1.29 is 10.0 Å². The summed E-state index contributed by atoms with van der Waals surface area (Å²) >= 11 is 0. The fourth-order valence-corrected chi connectivity index (χ4v) is 0.469. The second-order valence-electron chi connectivity index (χ2n) is 2.13. The van der Waals surface area contributed by atoms with E-state index in [4.69, 9.17) is 10.0 Å². The molecule has 0 aliphatic carbocycles. The van der Waals surface area contributed by atoms with Gasteiger partial charge in [-0.1, -0.05) is 0 Å². The molecule has 0 fully saturated rings. The SMILES string of the molecule is C/N=C(C)\C=C(/C)B(O)O. The topological polar surface area (TPSA) is 52.8 Å². The molecule has 0 amide bonds. The van der Waals surface area contributed by atoms with Gasteiger partial charge in [-0.25, -0.2) is 0 Å². The third kappa shape index (κ3) is 3.43. The molecule has 0 aromatic heterocycles. The first-order valence-corrected chi connectivity index (χ1v) is 3.05. The Morgan fingerprint density at radius 3 is 2.20 bits per heavy atom. The van der Waals surface area contributed by atoms with Gasteiger partial charge in [-0.05, 0) is 25.4 Å². The van der Waals surface area contributed by atoms with E-state index >= 15 is 0 Å². The minimum atomic E-state index is -1.36. The van der Waals surface area contributed by atoms with Crippen LogP contribution in [0.2, 0.25) is 0 Å². The highest BCUT2D eigenvalue weighted by atomic mass is 16.4. The molecular weight excluding hydrogens is 129 g/mol. The van der Waals surface area contributed by atoms with E-state index in [1.54, 1.807) is 27.0 Å². The van der Waals surface area contributed by atoms with Gasteiger partial charge in [0.15, 0.2) is 0 Å². The second kappa shape index (κ2) is 4.25. The highest BCUT2D eigenvalue weighted by Gasteiger charge is 2.08. The molecule has 4 heteroatoms. The quantitative estimate of drug-likeness (QED) is 0.421. The van der Waals surface area contributed by atoms with Crippen LogP contribution in [-0.2, 0) is 0 Å². The molecule has 0 atom stereocenters. The van der Waals surface area contributed by atoms with Crippen molar-refractivity contribution in [3.8, 4) is 0 Å². The van der Waals surface area contributed by atoms with Crippen molar-refractivity contribution in [1.82, 2.24) is 0 Å². The third-order valence-electron chi connectivity index (χ3n) is 1.20.